The van der Waals surface area contributed by atoms with E-state index in [1.54, 1.807) is 0 Å². The van der Waals surface area contributed by atoms with E-state index in [0.29, 0.717) is 0 Å². The van der Waals surface area contributed by atoms with Crippen molar-refractivity contribution in [3.63, 3.8) is 0 Å². The van der Waals surface area contributed by atoms with Crippen molar-refractivity contribution in [2.45, 2.75) is 59.4 Å². The van der Waals surface area contributed by atoms with Crippen LogP contribution in [0.25, 0.3) is 0 Å². The Balaban J connectivity index is 5.51. The van der Waals surface area contributed by atoms with Gasteiger partial charge in [0.15, 0.2) is 12.2 Å². The largest absolute Gasteiger partial charge is 0.466 e. The van der Waals surface area contributed by atoms with Crippen LogP contribution in [-0.2, 0) is 47.7 Å². The molecule has 0 unspecified atom stereocenters. The van der Waals surface area contributed by atoms with Gasteiger partial charge >= 0.3 is 29.8 Å². The molecule has 0 aromatic carbocycles. The average molecular weight is 376 g/mol. The summed E-state index contributed by atoms with van der Waals surface area (Å²) in [6, 6.07) is 0. The molecule has 0 fully saturated rings. The van der Waals surface area contributed by atoms with Gasteiger partial charge in [0.25, 0.3) is 0 Å². The number of rotatable bonds is 10. The van der Waals surface area contributed by atoms with E-state index in [9.17, 15) is 24.0 Å². The van der Waals surface area contributed by atoms with Crippen LogP contribution in [0.1, 0.15) is 41.0 Å². The van der Waals surface area contributed by atoms with Crippen molar-refractivity contribution < 1.29 is 47.7 Å². The second kappa shape index (κ2) is 11.8. The zero-order chi connectivity index (χ0) is 20.3. The monoisotopic (exact) mass is 376 g/mol. The standard InChI is InChI=1S/C16H24O10/c1-9(17)22-7-6-14(24-11(3)19)16(26-13(5)21)15(25-12(4)20)8-23-10(2)18/h14-16H,6-8H2,1-5H3/t14-,15+,16+/m0/s1. The summed E-state index contributed by atoms with van der Waals surface area (Å²) < 4.78 is 25.0. The van der Waals surface area contributed by atoms with Crippen LogP contribution in [0.5, 0.6) is 0 Å². The lowest BCUT2D eigenvalue weighted by Gasteiger charge is -2.31. The normalized spacial score (nSPS) is 13.6. The fourth-order valence-corrected chi connectivity index (χ4v) is 2.01. The van der Waals surface area contributed by atoms with Crippen LogP contribution in [0.3, 0.4) is 0 Å². The molecule has 0 bridgehead atoms. The first-order chi connectivity index (χ1) is 12.0. The number of ether oxygens (including phenoxy) is 5. The summed E-state index contributed by atoms with van der Waals surface area (Å²) in [4.78, 5) is 56.2. The van der Waals surface area contributed by atoms with Gasteiger partial charge in [-0.25, -0.2) is 0 Å². The number of carbonyl (C=O) groups excluding carboxylic acids is 5. The molecular weight excluding hydrogens is 352 g/mol. The van der Waals surface area contributed by atoms with E-state index in [-0.39, 0.29) is 13.0 Å². The van der Waals surface area contributed by atoms with E-state index in [2.05, 4.69) is 0 Å². The Kier molecular flexibility index (Phi) is 10.6. The fourth-order valence-electron chi connectivity index (χ4n) is 2.01. The summed E-state index contributed by atoms with van der Waals surface area (Å²) >= 11 is 0. The van der Waals surface area contributed by atoms with Crippen molar-refractivity contribution >= 4 is 29.8 Å². The van der Waals surface area contributed by atoms with E-state index in [1.165, 1.54) is 6.92 Å². The summed E-state index contributed by atoms with van der Waals surface area (Å²) in [6.45, 7) is 5.16. The average Bonchev–Trinajstić information content (AvgIpc) is 2.46. The first-order valence-corrected chi connectivity index (χ1v) is 7.81. The van der Waals surface area contributed by atoms with Gasteiger partial charge in [0, 0.05) is 41.0 Å². The lowest BCUT2D eigenvalue weighted by Crippen LogP contribution is -2.47. The van der Waals surface area contributed by atoms with E-state index in [1.807, 2.05) is 0 Å². The topological polar surface area (TPSA) is 132 Å². The van der Waals surface area contributed by atoms with Gasteiger partial charge in [0.05, 0.1) is 6.61 Å². The molecule has 0 aromatic heterocycles. The van der Waals surface area contributed by atoms with Crippen molar-refractivity contribution in [3.8, 4) is 0 Å². The van der Waals surface area contributed by atoms with Crippen LogP contribution < -0.4 is 0 Å². The number of carbonyl (C=O) groups is 5. The molecule has 0 amide bonds. The first kappa shape index (κ1) is 23.4. The summed E-state index contributed by atoms with van der Waals surface area (Å²) in [5.74, 6) is -3.34. The minimum Gasteiger partial charge on any atom is -0.466 e. The third kappa shape index (κ3) is 11.0. The highest BCUT2D eigenvalue weighted by atomic mass is 16.6. The summed E-state index contributed by atoms with van der Waals surface area (Å²) in [5, 5.41) is 0. The summed E-state index contributed by atoms with van der Waals surface area (Å²) in [7, 11) is 0. The molecule has 148 valence electrons. The van der Waals surface area contributed by atoms with Crippen molar-refractivity contribution in [3.05, 3.63) is 0 Å². The Morgan fingerprint density at radius 1 is 0.615 bits per heavy atom. The van der Waals surface area contributed by atoms with Gasteiger partial charge in [-0.15, -0.1) is 0 Å². The highest BCUT2D eigenvalue weighted by Crippen LogP contribution is 2.18. The Bertz CT molecular complexity index is 527. The maximum Gasteiger partial charge on any atom is 0.303 e. The Hall–Kier alpha value is -2.65. The zero-order valence-electron chi connectivity index (χ0n) is 15.4. The van der Waals surface area contributed by atoms with E-state index in [4.69, 9.17) is 23.7 Å². The van der Waals surface area contributed by atoms with Crippen molar-refractivity contribution in [2.75, 3.05) is 13.2 Å². The molecule has 0 radical (unpaired) electrons. The third-order valence-corrected chi connectivity index (χ3v) is 2.83. The third-order valence-electron chi connectivity index (χ3n) is 2.83. The quantitative estimate of drug-likeness (QED) is 0.387. The highest BCUT2D eigenvalue weighted by Gasteiger charge is 2.37. The smallest absolute Gasteiger partial charge is 0.303 e. The van der Waals surface area contributed by atoms with Crippen LogP contribution in [0, 0.1) is 0 Å². The molecule has 0 aliphatic heterocycles. The number of hydrogen-bond donors (Lipinski definition) is 0. The van der Waals surface area contributed by atoms with Gasteiger partial charge in [-0.05, 0) is 0 Å². The molecule has 0 aliphatic rings. The predicted octanol–water partition coefficient (Wildman–Crippen LogP) is 0.298. The van der Waals surface area contributed by atoms with Gasteiger partial charge in [-0.1, -0.05) is 0 Å². The number of esters is 5. The molecule has 10 heteroatoms. The van der Waals surface area contributed by atoms with Crippen LogP contribution in [0.4, 0.5) is 0 Å². The van der Waals surface area contributed by atoms with Crippen molar-refractivity contribution in [1.29, 1.82) is 0 Å². The minimum atomic E-state index is -1.27. The SMILES string of the molecule is CC(=O)OCC[C@H](OC(C)=O)[C@@H](OC(C)=O)[C@@H](COC(C)=O)OC(C)=O. The highest BCUT2D eigenvalue weighted by molar-refractivity contribution is 5.69. The molecule has 0 saturated carbocycles. The maximum absolute atomic E-state index is 11.5. The molecule has 26 heavy (non-hydrogen) atoms. The second-order valence-corrected chi connectivity index (χ2v) is 5.30. The maximum atomic E-state index is 11.5. The molecular formula is C16H24O10. The minimum absolute atomic E-state index is 0.0328. The van der Waals surface area contributed by atoms with Gasteiger partial charge in [-0.3, -0.25) is 24.0 Å². The van der Waals surface area contributed by atoms with E-state index >= 15 is 0 Å². The van der Waals surface area contributed by atoms with E-state index < -0.39 is 54.8 Å². The molecule has 3 atom stereocenters. The summed E-state index contributed by atoms with van der Waals surface area (Å²) in [5.41, 5.74) is 0. The van der Waals surface area contributed by atoms with Crippen LogP contribution in [0.2, 0.25) is 0 Å². The molecule has 0 saturated heterocycles. The van der Waals surface area contributed by atoms with Gasteiger partial charge in [0.1, 0.15) is 12.7 Å². The lowest BCUT2D eigenvalue weighted by molar-refractivity contribution is -0.190. The van der Waals surface area contributed by atoms with Crippen molar-refractivity contribution in [2.24, 2.45) is 0 Å². The molecule has 0 spiro atoms. The summed E-state index contributed by atoms with van der Waals surface area (Å²) in [6.07, 6.45) is -3.62. The second-order valence-electron chi connectivity index (χ2n) is 5.30. The number of hydrogen-bond acceptors (Lipinski definition) is 10. The Labute approximate surface area is 151 Å². The van der Waals surface area contributed by atoms with Crippen molar-refractivity contribution in [1.82, 2.24) is 0 Å². The lowest BCUT2D eigenvalue weighted by atomic mass is 10.0. The Morgan fingerprint density at radius 2 is 1.08 bits per heavy atom. The molecule has 0 rings (SSSR count). The van der Waals surface area contributed by atoms with Gasteiger partial charge in [-0.2, -0.15) is 0 Å². The van der Waals surface area contributed by atoms with Crippen LogP contribution >= 0.6 is 0 Å². The molecule has 0 N–H and O–H groups in total. The van der Waals surface area contributed by atoms with Crippen LogP contribution in [-0.4, -0.2) is 61.4 Å². The van der Waals surface area contributed by atoms with Gasteiger partial charge < -0.3 is 23.7 Å². The molecule has 0 heterocycles. The molecule has 0 aromatic rings. The molecule has 0 aliphatic carbocycles. The first-order valence-electron chi connectivity index (χ1n) is 7.81. The molecule has 10 nitrogen and oxygen atoms in total. The fraction of sp³-hybridized carbons (Fsp3) is 0.688. The van der Waals surface area contributed by atoms with Gasteiger partial charge in [0.2, 0.25) is 0 Å². The van der Waals surface area contributed by atoms with Crippen LogP contribution in [0.15, 0.2) is 0 Å². The predicted molar refractivity (Wildman–Crippen MR) is 84.5 cm³/mol. The zero-order valence-corrected chi connectivity index (χ0v) is 15.4. The van der Waals surface area contributed by atoms with E-state index in [0.717, 1.165) is 27.7 Å². The Morgan fingerprint density at radius 3 is 1.50 bits per heavy atom.